The molecular formula is C22H24ClN5OS. The van der Waals surface area contributed by atoms with Crippen LogP contribution in [0.2, 0.25) is 5.02 Å². The molecule has 1 fully saturated rings. The Morgan fingerprint density at radius 2 is 2.03 bits per heavy atom. The number of thioether (sulfide) groups is 1. The van der Waals surface area contributed by atoms with Crippen LogP contribution in [0.1, 0.15) is 35.6 Å². The number of nitrogens with zero attached hydrogens (tertiary/aromatic N) is 3. The number of halogens is 1. The van der Waals surface area contributed by atoms with Crippen LogP contribution < -0.4 is 16.4 Å². The average molecular weight is 442 g/mol. The quantitative estimate of drug-likeness (QED) is 0.704. The lowest BCUT2D eigenvalue weighted by atomic mass is 9.99. The van der Waals surface area contributed by atoms with E-state index in [4.69, 9.17) is 28.1 Å². The average Bonchev–Trinajstić information content (AvgIpc) is 3.08. The van der Waals surface area contributed by atoms with Gasteiger partial charge in [-0.15, -0.1) is 0 Å². The van der Waals surface area contributed by atoms with Gasteiger partial charge in [0, 0.05) is 29.7 Å². The Morgan fingerprint density at radius 1 is 1.27 bits per heavy atom. The molecule has 4 N–H and O–H groups in total. The predicted molar refractivity (Wildman–Crippen MR) is 125 cm³/mol. The highest BCUT2D eigenvalue weighted by molar-refractivity contribution is 8.01. The molecule has 0 aliphatic carbocycles. The summed E-state index contributed by atoms with van der Waals surface area (Å²) in [5.41, 5.74) is 15.3. The van der Waals surface area contributed by atoms with E-state index in [0.29, 0.717) is 5.02 Å². The van der Waals surface area contributed by atoms with Crippen LogP contribution in [0.25, 0.3) is 12.2 Å². The Bertz CT molecular complexity index is 1000. The van der Waals surface area contributed by atoms with Crippen LogP contribution in [-0.4, -0.2) is 42.0 Å². The van der Waals surface area contributed by atoms with Gasteiger partial charge in [-0.1, -0.05) is 47.6 Å². The van der Waals surface area contributed by atoms with Crippen molar-refractivity contribution in [2.45, 2.75) is 35.2 Å². The van der Waals surface area contributed by atoms with Crippen molar-refractivity contribution in [1.82, 2.24) is 4.98 Å². The maximum absolute atomic E-state index is 12.2. The number of aliphatic imine (C=N–C) groups is 1. The highest BCUT2D eigenvalue weighted by atomic mass is 35.5. The van der Waals surface area contributed by atoms with E-state index < -0.39 is 11.3 Å². The fourth-order valence-electron chi connectivity index (χ4n) is 3.83. The van der Waals surface area contributed by atoms with Crippen LogP contribution >= 0.6 is 23.4 Å². The molecule has 6 nitrogen and oxygen atoms in total. The molecule has 2 aliphatic heterocycles. The summed E-state index contributed by atoms with van der Waals surface area (Å²) < 4.78 is 0. The smallest absolute Gasteiger partial charge is 0.260 e. The van der Waals surface area contributed by atoms with Gasteiger partial charge in [-0.25, -0.2) is 9.98 Å². The number of rotatable bonds is 4. The van der Waals surface area contributed by atoms with Crippen LogP contribution in [0.3, 0.4) is 0 Å². The molecule has 2 unspecified atom stereocenters. The van der Waals surface area contributed by atoms with E-state index in [1.165, 1.54) is 11.8 Å². The molecule has 4 rings (SSSR count). The molecule has 8 heteroatoms. The monoisotopic (exact) mass is 441 g/mol. The van der Waals surface area contributed by atoms with Gasteiger partial charge in [0.05, 0.1) is 6.04 Å². The Hall–Kier alpha value is -2.19. The van der Waals surface area contributed by atoms with Gasteiger partial charge in [-0.05, 0) is 48.9 Å². The maximum Gasteiger partial charge on any atom is 0.260 e. The largest absolute Gasteiger partial charge is 0.356 e. The zero-order chi connectivity index (χ0) is 21.3. The molecule has 1 aromatic carbocycles. The number of piperidine rings is 1. The topological polar surface area (TPSA) is 97.6 Å². The highest BCUT2D eigenvalue weighted by Gasteiger charge is 2.38. The van der Waals surface area contributed by atoms with Gasteiger partial charge in [0.15, 0.2) is 0 Å². The molecular weight excluding hydrogens is 418 g/mol. The Kier molecular flexibility index (Phi) is 6.24. The number of carbonyl (C=O) groups excluding carboxylic acids is 1. The Labute approximate surface area is 185 Å². The van der Waals surface area contributed by atoms with Crippen molar-refractivity contribution in [3.63, 3.8) is 0 Å². The molecule has 1 aromatic heterocycles. The van der Waals surface area contributed by atoms with Gasteiger partial charge in [0.25, 0.3) is 5.91 Å². The first kappa shape index (κ1) is 21.1. The second-order valence-corrected chi connectivity index (χ2v) is 9.13. The Balaban J connectivity index is 1.73. The van der Waals surface area contributed by atoms with Crippen LogP contribution in [0.15, 0.2) is 40.4 Å². The van der Waals surface area contributed by atoms with Gasteiger partial charge in [-0.3, -0.25) is 4.79 Å². The number of pyridine rings is 1. The lowest BCUT2D eigenvalue weighted by Crippen LogP contribution is -2.40. The molecule has 2 atom stereocenters. The van der Waals surface area contributed by atoms with Gasteiger partial charge >= 0.3 is 0 Å². The molecule has 30 heavy (non-hydrogen) atoms. The predicted octanol–water partition coefficient (Wildman–Crippen LogP) is 3.53. The first-order valence-electron chi connectivity index (χ1n) is 9.88. The number of hydrogen-bond donors (Lipinski definition) is 2. The molecule has 0 bridgehead atoms. The van der Waals surface area contributed by atoms with E-state index in [0.717, 1.165) is 53.5 Å². The number of aromatic nitrogens is 1. The summed E-state index contributed by atoms with van der Waals surface area (Å²) in [4.78, 5) is 22.9. The Morgan fingerprint density at radius 3 is 2.73 bits per heavy atom. The van der Waals surface area contributed by atoms with Gasteiger partial charge in [0.2, 0.25) is 0 Å². The second-order valence-electron chi connectivity index (χ2n) is 7.56. The summed E-state index contributed by atoms with van der Waals surface area (Å²) in [6.07, 6.45) is 5.87. The van der Waals surface area contributed by atoms with Crippen molar-refractivity contribution in [3.05, 3.63) is 52.0 Å². The van der Waals surface area contributed by atoms with E-state index >= 15 is 0 Å². The number of hydrogen-bond acceptors (Lipinski definition) is 6. The van der Waals surface area contributed by atoms with E-state index in [1.54, 1.807) is 0 Å². The number of carbonyl (C=O) groups is 1. The molecule has 0 spiro atoms. The fourth-order valence-corrected chi connectivity index (χ4v) is 5.25. The summed E-state index contributed by atoms with van der Waals surface area (Å²) in [6, 6.07) is 9.43. The number of anilines is 1. The van der Waals surface area contributed by atoms with Crippen LogP contribution in [0, 0.1) is 0 Å². The van der Waals surface area contributed by atoms with Crippen molar-refractivity contribution in [3.8, 4) is 0 Å². The van der Waals surface area contributed by atoms with Gasteiger partial charge in [-0.2, -0.15) is 0 Å². The lowest BCUT2D eigenvalue weighted by Gasteiger charge is -2.31. The highest BCUT2D eigenvalue weighted by Crippen LogP contribution is 2.45. The summed E-state index contributed by atoms with van der Waals surface area (Å²) in [5, 5.41) is 0.952. The number of benzene rings is 1. The maximum atomic E-state index is 12.2. The lowest BCUT2D eigenvalue weighted by molar-refractivity contribution is -0.117. The summed E-state index contributed by atoms with van der Waals surface area (Å²) in [5.74, 6) is 0.562. The minimum atomic E-state index is -0.506. The van der Waals surface area contributed by atoms with Crippen molar-refractivity contribution in [2.75, 3.05) is 18.0 Å². The zero-order valence-electron chi connectivity index (χ0n) is 16.5. The molecule has 0 radical (unpaired) electrons. The SMILES string of the molecule is C=NC(=O)C1Sc2nc(N3CCC(N)CC3)cc(/C=C/c3cccc(Cl)c3)c2C1N. The first-order chi connectivity index (χ1) is 14.5. The summed E-state index contributed by atoms with van der Waals surface area (Å²) >= 11 is 7.48. The summed E-state index contributed by atoms with van der Waals surface area (Å²) in [7, 11) is 0. The van der Waals surface area contributed by atoms with Crippen LogP contribution in [0.5, 0.6) is 0 Å². The molecule has 1 saturated heterocycles. The van der Waals surface area contributed by atoms with E-state index in [1.807, 2.05) is 42.5 Å². The van der Waals surface area contributed by atoms with Gasteiger partial charge in [0.1, 0.15) is 16.1 Å². The van der Waals surface area contributed by atoms with Crippen molar-refractivity contribution >= 4 is 54.0 Å². The number of fused-ring (bicyclic) bond motifs is 1. The number of nitrogens with two attached hydrogens (primary N) is 2. The van der Waals surface area contributed by atoms with Crippen molar-refractivity contribution in [2.24, 2.45) is 16.5 Å². The van der Waals surface area contributed by atoms with E-state index in [-0.39, 0.29) is 11.9 Å². The van der Waals surface area contributed by atoms with Crippen LogP contribution in [0.4, 0.5) is 5.82 Å². The fraction of sp³-hybridized carbons (Fsp3) is 0.318. The summed E-state index contributed by atoms with van der Waals surface area (Å²) in [6.45, 7) is 5.09. The van der Waals surface area contributed by atoms with Gasteiger partial charge < -0.3 is 16.4 Å². The standard InChI is InChI=1S/C22H24ClN5OS/c1-26-21(29)20-19(25)18-14(6-5-13-3-2-4-15(23)11-13)12-17(27-22(18)30-20)28-9-7-16(24)8-10-28/h2-6,11-12,16,19-20H,1,7-10,24-25H2/b6-5+. The van der Waals surface area contributed by atoms with Crippen LogP contribution in [-0.2, 0) is 4.79 Å². The second kappa shape index (κ2) is 8.89. The molecule has 2 aliphatic rings. The zero-order valence-corrected chi connectivity index (χ0v) is 18.1. The third-order valence-electron chi connectivity index (χ3n) is 5.51. The van der Waals surface area contributed by atoms with E-state index in [2.05, 4.69) is 16.6 Å². The third-order valence-corrected chi connectivity index (χ3v) is 7.03. The molecule has 1 amide bonds. The normalized spacial score (nSPS) is 21.8. The molecule has 0 saturated carbocycles. The number of amides is 1. The first-order valence-corrected chi connectivity index (χ1v) is 11.1. The molecule has 3 heterocycles. The third kappa shape index (κ3) is 4.30. The van der Waals surface area contributed by atoms with E-state index in [9.17, 15) is 4.79 Å². The minimum absolute atomic E-state index is 0.237. The van der Waals surface area contributed by atoms with Crippen molar-refractivity contribution < 1.29 is 4.79 Å². The molecule has 2 aromatic rings. The van der Waals surface area contributed by atoms with Crippen molar-refractivity contribution in [1.29, 1.82) is 0 Å². The molecule has 156 valence electrons. The minimum Gasteiger partial charge on any atom is -0.356 e.